The molecule has 0 unspecified atom stereocenters. The molecule has 9 heteroatoms. The second-order valence-electron chi connectivity index (χ2n) is 6.24. The van der Waals surface area contributed by atoms with Crippen molar-refractivity contribution >= 4 is 73.7 Å². The van der Waals surface area contributed by atoms with Crippen LogP contribution in [0.3, 0.4) is 0 Å². The Hall–Kier alpha value is -1.38. The smallest absolute Gasteiger partial charge is 0.261 e. The molecule has 3 N–H and O–H groups in total. The zero-order valence-corrected chi connectivity index (χ0v) is 18.0. The molecule has 5 nitrogen and oxygen atoms in total. The first-order chi connectivity index (χ1) is 12.2. The zero-order chi connectivity index (χ0) is 17.2. The number of rotatable bonds is 4. The molecule has 3 heterocycles. The summed E-state index contributed by atoms with van der Waals surface area (Å²) in [5.41, 5.74) is 2.25. The fraction of sp³-hybridized carbons (Fsp3) is 0.333. The highest BCUT2D eigenvalue weighted by molar-refractivity contribution is 7.29. The number of carbonyl (C=O) groups excluding carboxylic acids is 1. The van der Waals surface area contributed by atoms with E-state index in [4.69, 9.17) is 0 Å². The Bertz CT molecular complexity index is 874. The Morgan fingerprint density at radius 1 is 1.19 bits per heavy atom. The van der Waals surface area contributed by atoms with E-state index in [0.29, 0.717) is 0 Å². The summed E-state index contributed by atoms with van der Waals surface area (Å²) < 4.78 is 1.05. The standard InChI is InChI=1S/C18H20N4OS2.2ClH/c1-11-4-2-3-5-13(11)21-18-22-17-15(25-18)10-14(24-17)16(23)20-12-6-8-19-9-7-12;;/h2-5,10,12,19H,6-9H2,1H3,(H,20,23)(H,21,22);2*1H. The van der Waals surface area contributed by atoms with Crippen LogP contribution in [-0.2, 0) is 0 Å². The quantitative estimate of drug-likeness (QED) is 0.543. The highest BCUT2D eigenvalue weighted by Gasteiger charge is 2.19. The first-order valence-electron chi connectivity index (χ1n) is 8.43. The Morgan fingerprint density at radius 3 is 2.63 bits per heavy atom. The lowest BCUT2D eigenvalue weighted by molar-refractivity contribution is 0.0934. The van der Waals surface area contributed by atoms with E-state index in [-0.39, 0.29) is 36.8 Å². The fourth-order valence-corrected chi connectivity index (χ4v) is 4.98. The van der Waals surface area contributed by atoms with Crippen LogP contribution in [0.4, 0.5) is 10.8 Å². The summed E-state index contributed by atoms with van der Waals surface area (Å²) in [6.07, 6.45) is 1.99. The van der Waals surface area contributed by atoms with Gasteiger partial charge in [0.15, 0.2) is 5.13 Å². The van der Waals surface area contributed by atoms with Crippen molar-refractivity contribution in [1.82, 2.24) is 15.6 Å². The van der Waals surface area contributed by atoms with E-state index in [2.05, 4.69) is 33.9 Å². The number of benzene rings is 1. The summed E-state index contributed by atoms with van der Waals surface area (Å²) in [6.45, 7) is 4.02. The molecule has 1 amide bonds. The minimum absolute atomic E-state index is 0. The molecule has 1 aliphatic heterocycles. The van der Waals surface area contributed by atoms with Crippen molar-refractivity contribution in [2.75, 3.05) is 18.4 Å². The fourth-order valence-electron chi connectivity index (χ4n) is 2.95. The molecule has 1 fully saturated rings. The van der Waals surface area contributed by atoms with E-state index in [1.54, 1.807) is 11.3 Å². The average molecular weight is 445 g/mol. The van der Waals surface area contributed by atoms with Crippen molar-refractivity contribution in [3.05, 3.63) is 40.8 Å². The van der Waals surface area contributed by atoms with E-state index in [1.165, 1.54) is 16.9 Å². The molecule has 146 valence electrons. The van der Waals surface area contributed by atoms with Crippen LogP contribution in [0.25, 0.3) is 9.53 Å². The molecule has 0 spiro atoms. The third-order valence-corrected chi connectivity index (χ3v) is 6.45. The number of hydrogen-bond donors (Lipinski definition) is 3. The van der Waals surface area contributed by atoms with Crippen LogP contribution in [-0.4, -0.2) is 30.0 Å². The Morgan fingerprint density at radius 2 is 1.93 bits per heavy atom. The molecule has 0 bridgehead atoms. The van der Waals surface area contributed by atoms with Gasteiger partial charge in [-0.15, -0.1) is 36.2 Å². The number of anilines is 2. The lowest BCUT2D eigenvalue weighted by Crippen LogP contribution is -2.42. The van der Waals surface area contributed by atoms with E-state index >= 15 is 0 Å². The number of halogens is 2. The number of carbonyl (C=O) groups is 1. The van der Waals surface area contributed by atoms with Crippen LogP contribution in [0.5, 0.6) is 0 Å². The molecule has 1 saturated heterocycles. The van der Waals surface area contributed by atoms with Gasteiger partial charge in [-0.3, -0.25) is 4.79 Å². The topological polar surface area (TPSA) is 66.0 Å². The van der Waals surface area contributed by atoms with Gasteiger partial charge in [-0.2, -0.15) is 0 Å². The largest absolute Gasteiger partial charge is 0.349 e. The van der Waals surface area contributed by atoms with E-state index < -0.39 is 0 Å². The molecule has 0 radical (unpaired) electrons. The maximum Gasteiger partial charge on any atom is 0.261 e. The van der Waals surface area contributed by atoms with Crippen LogP contribution in [0.1, 0.15) is 28.1 Å². The van der Waals surface area contributed by atoms with Crippen LogP contribution in [0.15, 0.2) is 30.3 Å². The van der Waals surface area contributed by atoms with Crippen molar-refractivity contribution in [2.45, 2.75) is 25.8 Å². The summed E-state index contributed by atoms with van der Waals surface area (Å²) in [7, 11) is 0. The number of thiazole rings is 1. The van der Waals surface area contributed by atoms with Crippen LogP contribution < -0.4 is 16.0 Å². The number of aromatic nitrogens is 1. The van der Waals surface area contributed by atoms with Crippen molar-refractivity contribution in [3.8, 4) is 0 Å². The van der Waals surface area contributed by atoms with E-state index in [0.717, 1.165) is 51.2 Å². The Balaban J connectivity index is 0.00000131. The number of amides is 1. The summed E-state index contributed by atoms with van der Waals surface area (Å²) in [4.78, 5) is 18.7. The molecule has 0 aliphatic carbocycles. The van der Waals surface area contributed by atoms with E-state index in [1.807, 2.05) is 24.3 Å². The predicted octanol–water partition coefficient (Wildman–Crippen LogP) is 4.74. The Kier molecular flexibility index (Phi) is 7.88. The maximum atomic E-state index is 12.4. The second-order valence-corrected chi connectivity index (χ2v) is 8.30. The van der Waals surface area contributed by atoms with Crippen molar-refractivity contribution in [3.63, 3.8) is 0 Å². The van der Waals surface area contributed by atoms with Gasteiger partial charge in [0, 0.05) is 11.7 Å². The van der Waals surface area contributed by atoms with Crippen molar-refractivity contribution in [2.24, 2.45) is 0 Å². The molecular formula is C18H22Cl2N4OS2. The summed E-state index contributed by atoms with van der Waals surface area (Å²) in [5, 5.41) is 10.7. The highest BCUT2D eigenvalue weighted by atomic mass is 35.5. The number of thiophene rings is 1. The van der Waals surface area contributed by atoms with Crippen molar-refractivity contribution < 1.29 is 4.79 Å². The normalized spacial score (nSPS) is 14.3. The number of aryl methyl sites for hydroxylation is 1. The van der Waals surface area contributed by atoms with Gasteiger partial charge in [-0.05, 0) is 50.6 Å². The molecule has 0 saturated carbocycles. The lowest BCUT2D eigenvalue weighted by Gasteiger charge is -2.23. The van der Waals surface area contributed by atoms with Gasteiger partial charge in [0.1, 0.15) is 4.83 Å². The number of piperidine rings is 1. The number of nitrogens with one attached hydrogen (secondary N) is 3. The molecular weight excluding hydrogens is 423 g/mol. The zero-order valence-electron chi connectivity index (χ0n) is 14.8. The van der Waals surface area contributed by atoms with Gasteiger partial charge in [0.05, 0.1) is 9.58 Å². The highest BCUT2D eigenvalue weighted by Crippen LogP contribution is 2.34. The number of nitrogens with zero attached hydrogens (tertiary/aromatic N) is 1. The van der Waals surface area contributed by atoms with Crippen LogP contribution >= 0.6 is 47.5 Å². The average Bonchev–Trinajstić information content (AvgIpc) is 3.16. The predicted molar refractivity (Wildman–Crippen MR) is 120 cm³/mol. The number of fused-ring (bicyclic) bond motifs is 1. The molecule has 0 atom stereocenters. The SMILES string of the molecule is Cc1ccccc1Nc1nc2sc(C(=O)NC3CCNCC3)cc2s1.Cl.Cl. The van der Waals surface area contributed by atoms with Crippen molar-refractivity contribution in [1.29, 1.82) is 0 Å². The third kappa shape index (κ3) is 5.12. The molecule has 1 aromatic carbocycles. The van der Waals surface area contributed by atoms with Crippen LogP contribution in [0.2, 0.25) is 0 Å². The first-order valence-corrected chi connectivity index (χ1v) is 10.1. The maximum absolute atomic E-state index is 12.4. The minimum atomic E-state index is 0. The summed E-state index contributed by atoms with van der Waals surface area (Å²) >= 11 is 3.04. The van der Waals surface area contributed by atoms with Gasteiger partial charge in [0.25, 0.3) is 5.91 Å². The van der Waals surface area contributed by atoms with E-state index in [9.17, 15) is 4.79 Å². The van der Waals surface area contributed by atoms with Gasteiger partial charge in [-0.25, -0.2) is 4.98 Å². The van der Waals surface area contributed by atoms with Gasteiger partial charge in [-0.1, -0.05) is 29.5 Å². The third-order valence-electron chi connectivity index (χ3n) is 4.37. The Labute approximate surface area is 178 Å². The monoisotopic (exact) mass is 444 g/mol. The minimum Gasteiger partial charge on any atom is -0.349 e. The van der Waals surface area contributed by atoms with Gasteiger partial charge < -0.3 is 16.0 Å². The summed E-state index contributed by atoms with van der Waals surface area (Å²) in [6, 6.07) is 10.4. The number of para-hydroxylation sites is 1. The van der Waals surface area contributed by atoms with Gasteiger partial charge >= 0.3 is 0 Å². The van der Waals surface area contributed by atoms with Gasteiger partial charge in [0.2, 0.25) is 0 Å². The molecule has 3 aromatic rings. The summed E-state index contributed by atoms with van der Waals surface area (Å²) in [5.74, 6) is 0.0236. The lowest BCUT2D eigenvalue weighted by atomic mass is 10.1. The molecule has 1 aliphatic rings. The first kappa shape index (κ1) is 21.9. The molecule has 4 rings (SSSR count). The number of hydrogen-bond acceptors (Lipinski definition) is 6. The second kappa shape index (κ2) is 9.71. The van der Waals surface area contributed by atoms with Crippen LogP contribution in [0, 0.1) is 6.92 Å². The molecule has 27 heavy (non-hydrogen) atoms. The molecule has 2 aromatic heterocycles.